The van der Waals surface area contributed by atoms with Crippen molar-refractivity contribution in [1.82, 2.24) is 5.32 Å². The third kappa shape index (κ3) is 8.90. The van der Waals surface area contributed by atoms with Gasteiger partial charge in [0.15, 0.2) is 0 Å². The largest absolute Gasteiger partial charge is 0.469 e. The van der Waals surface area contributed by atoms with Crippen molar-refractivity contribution in [2.24, 2.45) is 16.7 Å². The molecule has 0 radical (unpaired) electrons. The quantitative estimate of drug-likeness (QED) is 0.216. The molecule has 0 saturated carbocycles. The van der Waals surface area contributed by atoms with E-state index >= 15 is 0 Å². The minimum absolute atomic E-state index is 0.0186. The Morgan fingerprint density at radius 1 is 1.09 bits per heavy atom. The van der Waals surface area contributed by atoms with E-state index in [-0.39, 0.29) is 31.0 Å². The van der Waals surface area contributed by atoms with Crippen molar-refractivity contribution in [1.29, 1.82) is 0 Å². The van der Waals surface area contributed by atoms with Gasteiger partial charge in [-0.05, 0) is 52.2 Å². The van der Waals surface area contributed by atoms with Crippen molar-refractivity contribution in [3.05, 3.63) is 29.8 Å². The van der Waals surface area contributed by atoms with E-state index in [0.29, 0.717) is 6.42 Å². The van der Waals surface area contributed by atoms with Crippen molar-refractivity contribution in [2.45, 2.75) is 58.8 Å². The second-order valence-electron chi connectivity index (χ2n) is 9.32. The maximum Gasteiger partial charge on any atom is 0.311 e. The molecule has 0 heterocycles. The summed E-state index contributed by atoms with van der Waals surface area (Å²) in [5.74, 6) is -2.55. The highest BCUT2D eigenvalue weighted by molar-refractivity contribution is 7.86. The third-order valence-electron chi connectivity index (χ3n) is 5.95. The Labute approximate surface area is 207 Å². The number of rotatable bonds is 14. The highest BCUT2D eigenvalue weighted by Gasteiger charge is 2.41. The van der Waals surface area contributed by atoms with E-state index in [1.807, 2.05) is 6.92 Å². The second kappa shape index (κ2) is 13.0. The van der Waals surface area contributed by atoms with Crippen molar-refractivity contribution in [3.8, 4) is 0 Å². The molecule has 1 rings (SSSR count). The molecule has 0 aliphatic heterocycles. The second-order valence-corrected chi connectivity index (χ2v) is 10.9. The van der Waals surface area contributed by atoms with E-state index < -0.39 is 51.4 Å². The number of carbonyl (C=O) groups excluding carboxylic acids is 3. The van der Waals surface area contributed by atoms with E-state index in [1.165, 1.54) is 19.2 Å². The first-order valence-electron chi connectivity index (χ1n) is 11.3. The highest BCUT2D eigenvalue weighted by Crippen LogP contribution is 2.37. The SMILES string of the molecule is CCC(C)(CC(CC(C)(C)C(=O)OC)C(=O)OCCO)C(=O)NCOS(=O)(=O)c1ccc(C)cc1. The third-order valence-corrected chi connectivity index (χ3v) is 7.22. The van der Waals surface area contributed by atoms with Gasteiger partial charge in [-0.15, -0.1) is 0 Å². The number of hydrogen-bond donors (Lipinski definition) is 2. The summed E-state index contributed by atoms with van der Waals surface area (Å²) >= 11 is 0. The number of methoxy groups -OCH3 is 1. The number of ether oxygens (including phenoxy) is 2. The summed E-state index contributed by atoms with van der Waals surface area (Å²) in [6, 6.07) is 6.09. The molecule has 1 aromatic rings. The Balaban J connectivity index is 2.96. The lowest BCUT2D eigenvalue weighted by Crippen LogP contribution is -2.43. The van der Waals surface area contributed by atoms with Gasteiger partial charge in [0.2, 0.25) is 5.91 Å². The Bertz CT molecular complexity index is 973. The topological polar surface area (TPSA) is 145 Å². The van der Waals surface area contributed by atoms with E-state index in [9.17, 15) is 22.8 Å². The molecule has 2 N–H and O–H groups in total. The maximum atomic E-state index is 13.0. The van der Waals surface area contributed by atoms with Crippen LogP contribution in [0.3, 0.4) is 0 Å². The first-order valence-corrected chi connectivity index (χ1v) is 12.7. The van der Waals surface area contributed by atoms with Crippen LogP contribution in [0.15, 0.2) is 29.2 Å². The van der Waals surface area contributed by atoms with Crippen LogP contribution >= 0.6 is 0 Å². The molecule has 0 spiro atoms. The van der Waals surface area contributed by atoms with Crippen molar-refractivity contribution < 1.29 is 41.6 Å². The molecule has 0 aliphatic rings. The summed E-state index contributed by atoms with van der Waals surface area (Å²) in [5.41, 5.74) is -1.25. The minimum atomic E-state index is -4.07. The maximum absolute atomic E-state index is 13.0. The lowest BCUT2D eigenvalue weighted by molar-refractivity contribution is -0.157. The molecule has 0 saturated heterocycles. The Morgan fingerprint density at radius 2 is 1.69 bits per heavy atom. The van der Waals surface area contributed by atoms with Gasteiger partial charge in [-0.25, -0.2) is 4.18 Å². The van der Waals surface area contributed by atoms with Crippen molar-refractivity contribution in [2.75, 3.05) is 27.1 Å². The molecule has 1 amide bonds. The van der Waals surface area contributed by atoms with Crippen LogP contribution in [0.4, 0.5) is 0 Å². The van der Waals surface area contributed by atoms with Crippen LogP contribution in [-0.2, 0) is 38.2 Å². The smallest absolute Gasteiger partial charge is 0.311 e. The average Bonchev–Trinajstić information content (AvgIpc) is 2.81. The summed E-state index contributed by atoms with van der Waals surface area (Å²) in [6.45, 7) is 7.29. The Morgan fingerprint density at radius 3 is 2.20 bits per heavy atom. The first kappa shape index (κ1) is 30.5. The zero-order valence-electron chi connectivity index (χ0n) is 21.3. The van der Waals surface area contributed by atoms with Gasteiger partial charge in [-0.2, -0.15) is 8.42 Å². The van der Waals surface area contributed by atoms with Crippen LogP contribution in [0.5, 0.6) is 0 Å². The van der Waals surface area contributed by atoms with E-state index in [1.54, 1.807) is 39.8 Å². The normalized spacial score (nSPS) is 14.5. The van der Waals surface area contributed by atoms with Crippen LogP contribution in [0.25, 0.3) is 0 Å². The number of aliphatic hydroxyl groups is 1. The number of nitrogens with one attached hydrogen (secondary N) is 1. The summed E-state index contributed by atoms with van der Waals surface area (Å²) in [7, 11) is -2.82. The summed E-state index contributed by atoms with van der Waals surface area (Å²) < 4.78 is 39.6. The van der Waals surface area contributed by atoms with Gasteiger partial charge in [0.05, 0.1) is 29.9 Å². The van der Waals surface area contributed by atoms with Gasteiger partial charge >= 0.3 is 11.9 Å². The number of amides is 1. The molecule has 10 nitrogen and oxygen atoms in total. The van der Waals surface area contributed by atoms with Crippen molar-refractivity contribution >= 4 is 28.0 Å². The zero-order valence-corrected chi connectivity index (χ0v) is 22.1. The molecule has 11 heteroatoms. The monoisotopic (exact) mass is 515 g/mol. The fourth-order valence-electron chi connectivity index (χ4n) is 3.58. The molecule has 0 bridgehead atoms. The van der Waals surface area contributed by atoms with Crippen molar-refractivity contribution in [3.63, 3.8) is 0 Å². The molecule has 0 aromatic heterocycles. The minimum Gasteiger partial charge on any atom is -0.469 e. The molecule has 1 aromatic carbocycles. The van der Waals surface area contributed by atoms with Gasteiger partial charge in [0.1, 0.15) is 13.3 Å². The number of aryl methyl sites for hydroxylation is 1. The molecule has 2 atom stereocenters. The summed E-state index contributed by atoms with van der Waals surface area (Å²) in [5, 5.41) is 11.5. The number of aliphatic hydroxyl groups excluding tert-OH is 1. The molecule has 198 valence electrons. The first-order chi connectivity index (χ1) is 16.2. The van der Waals surface area contributed by atoms with Gasteiger partial charge < -0.3 is 19.9 Å². The summed E-state index contributed by atoms with van der Waals surface area (Å²) in [4.78, 5) is 37.9. The van der Waals surface area contributed by atoms with Gasteiger partial charge in [-0.3, -0.25) is 14.4 Å². The number of esters is 2. The molecule has 2 unspecified atom stereocenters. The molecule has 0 aliphatic carbocycles. The lowest BCUT2D eigenvalue weighted by atomic mass is 9.72. The van der Waals surface area contributed by atoms with E-state index in [0.717, 1.165) is 5.56 Å². The van der Waals surface area contributed by atoms with Gasteiger partial charge in [0.25, 0.3) is 10.1 Å². The Kier molecular flexibility index (Phi) is 11.3. The highest BCUT2D eigenvalue weighted by atomic mass is 32.2. The number of benzene rings is 1. The van der Waals surface area contributed by atoms with Crippen LogP contribution in [0.2, 0.25) is 0 Å². The standard InChI is InChI=1S/C24H37NO9S/c1-7-24(5,15-18(20(27)33-13-12-26)14-23(3,4)22(29)32-6)21(28)25-16-34-35(30,31)19-10-8-17(2)9-11-19/h8-11,18,26H,7,12-16H2,1-6H3,(H,25,28). The molecular weight excluding hydrogens is 478 g/mol. The Hall–Kier alpha value is -2.50. The van der Waals surface area contributed by atoms with Crippen LogP contribution in [0.1, 0.15) is 52.5 Å². The lowest BCUT2D eigenvalue weighted by Gasteiger charge is -2.33. The number of carbonyl (C=O) groups is 3. The average molecular weight is 516 g/mol. The predicted molar refractivity (Wildman–Crippen MR) is 127 cm³/mol. The van der Waals surface area contributed by atoms with Gasteiger partial charge in [0, 0.05) is 5.41 Å². The molecule has 0 fully saturated rings. The fraction of sp³-hybridized carbons (Fsp3) is 0.625. The summed E-state index contributed by atoms with van der Waals surface area (Å²) in [6.07, 6.45) is 0.377. The molecular formula is C24H37NO9S. The van der Waals surface area contributed by atoms with E-state index in [2.05, 4.69) is 5.32 Å². The van der Waals surface area contributed by atoms with Crippen LogP contribution in [-0.4, -0.2) is 58.4 Å². The molecule has 35 heavy (non-hydrogen) atoms. The number of hydrogen-bond acceptors (Lipinski definition) is 9. The van der Waals surface area contributed by atoms with E-state index in [4.69, 9.17) is 18.8 Å². The predicted octanol–water partition coefficient (Wildman–Crippen LogP) is 2.32. The fourth-order valence-corrected chi connectivity index (χ4v) is 4.40. The van der Waals surface area contributed by atoms with Crippen LogP contribution in [0, 0.1) is 23.7 Å². The zero-order chi connectivity index (χ0) is 26.9. The van der Waals surface area contributed by atoms with Gasteiger partial charge in [-0.1, -0.05) is 31.5 Å². The van der Waals surface area contributed by atoms with Crippen LogP contribution < -0.4 is 5.32 Å².